The largest absolute Gasteiger partial charge is 0.373 e. The van der Waals surface area contributed by atoms with Gasteiger partial charge in [0.05, 0.1) is 0 Å². The Hall–Kier alpha value is -2.85. The van der Waals surface area contributed by atoms with Crippen LogP contribution in [0.15, 0.2) is 73.1 Å². The SMILES string of the molecule is NC(=O)C(Cc1ccc(Cl)cc1)Nc1ccc(-c2ccncc2)cc1. The number of carbonyl (C=O) groups excluding carboxylic acids is 1. The second-order valence-electron chi connectivity index (χ2n) is 5.74. The average Bonchev–Trinajstić information content (AvgIpc) is 2.64. The fraction of sp³-hybridized carbons (Fsp3) is 0.100. The topological polar surface area (TPSA) is 68.0 Å². The van der Waals surface area contributed by atoms with Gasteiger partial charge >= 0.3 is 0 Å². The molecule has 1 amide bonds. The molecule has 1 aromatic heterocycles. The van der Waals surface area contributed by atoms with Crippen molar-refractivity contribution in [1.82, 2.24) is 4.98 Å². The van der Waals surface area contributed by atoms with E-state index in [1.165, 1.54) is 0 Å². The van der Waals surface area contributed by atoms with Crippen molar-refractivity contribution in [2.24, 2.45) is 5.73 Å². The van der Waals surface area contributed by atoms with Crippen LogP contribution in [0.3, 0.4) is 0 Å². The summed E-state index contributed by atoms with van der Waals surface area (Å²) in [4.78, 5) is 15.8. The second kappa shape index (κ2) is 7.81. The molecule has 0 fully saturated rings. The van der Waals surface area contributed by atoms with Crippen molar-refractivity contribution in [1.29, 1.82) is 0 Å². The monoisotopic (exact) mass is 351 g/mol. The molecule has 4 nitrogen and oxygen atoms in total. The molecule has 1 unspecified atom stereocenters. The van der Waals surface area contributed by atoms with Gasteiger partial charge < -0.3 is 11.1 Å². The molecule has 0 saturated heterocycles. The number of hydrogen-bond donors (Lipinski definition) is 2. The van der Waals surface area contributed by atoms with Crippen LogP contribution in [-0.4, -0.2) is 16.9 Å². The molecule has 0 saturated carbocycles. The Morgan fingerprint density at radius 3 is 2.16 bits per heavy atom. The Morgan fingerprint density at radius 1 is 0.960 bits per heavy atom. The van der Waals surface area contributed by atoms with Gasteiger partial charge in [-0.1, -0.05) is 35.9 Å². The highest BCUT2D eigenvalue weighted by Gasteiger charge is 2.16. The molecule has 3 aromatic rings. The van der Waals surface area contributed by atoms with E-state index in [2.05, 4.69) is 10.3 Å². The van der Waals surface area contributed by atoms with E-state index in [1.807, 2.05) is 48.5 Å². The molecule has 25 heavy (non-hydrogen) atoms. The minimum atomic E-state index is -0.493. The van der Waals surface area contributed by atoms with E-state index in [-0.39, 0.29) is 0 Å². The van der Waals surface area contributed by atoms with Crippen LogP contribution >= 0.6 is 11.6 Å². The van der Waals surface area contributed by atoms with Crippen molar-refractivity contribution < 1.29 is 4.79 Å². The number of anilines is 1. The van der Waals surface area contributed by atoms with Crippen molar-refractivity contribution in [3.8, 4) is 11.1 Å². The van der Waals surface area contributed by atoms with Gasteiger partial charge in [0.15, 0.2) is 0 Å². The molecule has 126 valence electrons. The van der Waals surface area contributed by atoms with Crippen molar-refractivity contribution in [3.63, 3.8) is 0 Å². The van der Waals surface area contributed by atoms with Gasteiger partial charge in [-0.15, -0.1) is 0 Å². The quantitative estimate of drug-likeness (QED) is 0.707. The zero-order valence-corrected chi connectivity index (χ0v) is 14.3. The lowest BCUT2D eigenvalue weighted by Crippen LogP contribution is -2.37. The lowest BCUT2D eigenvalue weighted by molar-refractivity contribution is -0.118. The number of benzene rings is 2. The van der Waals surface area contributed by atoms with Crippen molar-refractivity contribution in [3.05, 3.63) is 83.6 Å². The maximum Gasteiger partial charge on any atom is 0.240 e. The summed E-state index contributed by atoms with van der Waals surface area (Å²) < 4.78 is 0. The summed E-state index contributed by atoms with van der Waals surface area (Å²) in [5, 5.41) is 3.87. The summed E-state index contributed by atoms with van der Waals surface area (Å²) >= 11 is 5.89. The van der Waals surface area contributed by atoms with Gasteiger partial charge in [-0.2, -0.15) is 0 Å². The van der Waals surface area contributed by atoms with Crippen LogP contribution in [0, 0.1) is 0 Å². The van der Waals surface area contributed by atoms with E-state index >= 15 is 0 Å². The fourth-order valence-electron chi connectivity index (χ4n) is 2.58. The average molecular weight is 352 g/mol. The zero-order chi connectivity index (χ0) is 17.6. The Kier molecular flexibility index (Phi) is 5.31. The third-order valence-electron chi connectivity index (χ3n) is 3.94. The third-order valence-corrected chi connectivity index (χ3v) is 4.19. The first-order valence-corrected chi connectivity index (χ1v) is 8.30. The molecular weight excluding hydrogens is 334 g/mol. The Bertz CT molecular complexity index is 833. The number of aromatic nitrogens is 1. The van der Waals surface area contributed by atoms with Gasteiger partial charge in [-0.25, -0.2) is 0 Å². The van der Waals surface area contributed by atoms with Crippen LogP contribution in [0.4, 0.5) is 5.69 Å². The molecule has 1 atom stereocenters. The van der Waals surface area contributed by atoms with E-state index in [1.54, 1.807) is 24.5 Å². The highest BCUT2D eigenvalue weighted by Crippen LogP contribution is 2.21. The highest BCUT2D eigenvalue weighted by atomic mass is 35.5. The van der Waals surface area contributed by atoms with Crippen molar-refractivity contribution in [2.45, 2.75) is 12.5 Å². The molecule has 0 aliphatic heterocycles. The predicted molar refractivity (Wildman–Crippen MR) is 101 cm³/mol. The number of primary amides is 1. The highest BCUT2D eigenvalue weighted by molar-refractivity contribution is 6.30. The number of rotatable bonds is 6. The molecule has 0 radical (unpaired) electrons. The molecule has 5 heteroatoms. The van der Waals surface area contributed by atoms with Gasteiger partial charge in [0.25, 0.3) is 0 Å². The summed E-state index contributed by atoms with van der Waals surface area (Å²) in [7, 11) is 0. The summed E-state index contributed by atoms with van der Waals surface area (Å²) in [6.45, 7) is 0. The fourth-order valence-corrected chi connectivity index (χ4v) is 2.71. The number of nitrogens with one attached hydrogen (secondary N) is 1. The lowest BCUT2D eigenvalue weighted by Gasteiger charge is -2.17. The van der Waals surface area contributed by atoms with Crippen LogP contribution in [0.1, 0.15) is 5.56 Å². The van der Waals surface area contributed by atoms with E-state index < -0.39 is 11.9 Å². The Morgan fingerprint density at radius 2 is 1.56 bits per heavy atom. The number of carbonyl (C=O) groups is 1. The summed E-state index contributed by atoms with van der Waals surface area (Å²) in [5.74, 6) is -0.395. The third kappa shape index (κ3) is 4.58. The maximum absolute atomic E-state index is 11.8. The van der Waals surface area contributed by atoms with Crippen LogP contribution in [0.5, 0.6) is 0 Å². The molecule has 0 bridgehead atoms. The van der Waals surface area contributed by atoms with Gasteiger partial charge in [-0.05, 0) is 53.1 Å². The van der Waals surface area contributed by atoms with Gasteiger partial charge in [0, 0.05) is 29.5 Å². The van der Waals surface area contributed by atoms with Crippen LogP contribution in [-0.2, 0) is 11.2 Å². The van der Waals surface area contributed by atoms with Crippen molar-refractivity contribution in [2.75, 3.05) is 5.32 Å². The summed E-state index contributed by atoms with van der Waals surface area (Å²) in [5.41, 5.74) is 9.56. The van der Waals surface area contributed by atoms with Crippen LogP contribution < -0.4 is 11.1 Å². The molecule has 2 aromatic carbocycles. The first-order valence-electron chi connectivity index (χ1n) is 7.92. The number of halogens is 1. The molecule has 0 spiro atoms. The molecule has 0 aliphatic rings. The molecule has 0 aliphatic carbocycles. The molecule has 1 heterocycles. The molecular formula is C20H18ClN3O. The normalized spacial score (nSPS) is 11.7. The van der Waals surface area contributed by atoms with Gasteiger partial charge in [0.2, 0.25) is 5.91 Å². The molecule has 3 rings (SSSR count). The van der Waals surface area contributed by atoms with Crippen LogP contribution in [0.2, 0.25) is 5.02 Å². The van der Waals surface area contributed by atoms with E-state index in [4.69, 9.17) is 17.3 Å². The number of amides is 1. The number of nitrogens with zero attached hydrogens (tertiary/aromatic N) is 1. The van der Waals surface area contributed by atoms with E-state index in [0.29, 0.717) is 11.4 Å². The molecule has 3 N–H and O–H groups in total. The van der Waals surface area contributed by atoms with Gasteiger partial charge in [-0.3, -0.25) is 9.78 Å². The zero-order valence-electron chi connectivity index (χ0n) is 13.5. The number of pyridine rings is 1. The van der Waals surface area contributed by atoms with Crippen molar-refractivity contribution >= 4 is 23.2 Å². The smallest absolute Gasteiger partial charge is 0.240 e. The lowest BCUT2D eigenvalue weighted by atomic mass is 10.0. The minimum Gasteiger partial charge on any atom is -0.373 e. The maximum atomic E-state index is 11.8. The second-order valence-corrected chi connectivity index (χ2v) is 6.18. The van der Waals surface area contributed by atoms with Gasteiger partial charge in [0.1, 0.15) is 6.04 Å². The minimum absolute atomic E-state index is 0.395. The van der Waals surface area contributed by atoms with Crippen LogP contribution in [0.25, 0.3) is 11.1 Å². The summed E-state index contributed by atoms with van der Waals surface area (Å²) in [6, 6.07) is 18.7. The number of hydrogen-bond acceptors (Lipinski definition) is 3. The Balaban J connectivity index is 1.72. The standard InChI is InChI=1S/C20H18ClN3O/c21-17-5-1-14(2-6-17)13-19(20(22)25)24-18-7-3-15(4-8-18)16-9-11-23-12-10-16/h1-12,19,24H,13H2,(H2,22,25). The first kappa shape index (κ1) is 17.0. The van der Waals surface area contributed by atoms with E-state index in [0.717, 1.165) is 22.4 Å². The summed E-state index contributed by atoms with van der Waals surface area (Å²) in [6.07, 6.45) is 4.02. The predicted octanol–water partition coefficient (Wildman–Crippen LogP) is 3.91. The Labute approximate surface area is 151 Å². The number of nitrogens with two attached hydrogens (primary N) is 1. The first-order chi connectivity index (χ1) is 12.1. The van der Waals surface area contributed by atoms with E-state index in [9.17, 15) is 4.79 Å².